The van der Waals surface area contributed by atoms with Crippen molar-refractivity contribution in [1.29, 1.82) is 0 Å². The molecule has 1 saturated heterocycles. The Balaban J connectivity index is -0.0000000229. The third kappa shape index (κ3) is 126. The van der Waals surface area contributed by atoms with Gasteiger partial charge in [0.25, 0.3) is 18.3 Å². The number of ether oxygens (including phenoxy) is 1. The SMILES string of the molecule is C.C.C.C.C.C.C.C.CC.CC=NC.CC=O.CCC(=S)CC.CCc1cn(C)nn1.CN.CN.CN.CN.CN1C(=O)C=CC1=O.CN=C=S.CNC(C)=O.COC=O.CS.CSC1CC(=O)N(C)C1=O. The molecule has 0 spiro atoms. The van der Waals surface area contributed by atoms with Crippen LogP contribution in [0.25, 0.3) is 0 Å². The molecule has 1 aromatic heterocycles. The second-order valence-electron chi connectivity index (χ2n) is 8.98. The van der Waals surface area contributed by atoms with Crippen LogP contribution in [0.2, 0.25) is 0 Å². The highest BCUT2D eigenvalue weighted by Gasteiger charge is 2.35. The summed E-state index contributed by atoms with van der Waals surface area (Å²) in [7, 11) is 17.1. The molecule has 0 saturated carbocycles. The first kappa shape index (κ1) is 132. The molecule has 444 valence electrons. The smallest absolute Gasteiger partial charge is 0.292 e. The maximum absolute atomic E-state index is 11.0. The van der Waals surface area contributed by atoms with Crippen LogP contribution in [0, 0.1) is 0 Å². The maximum atomic E-state index is 11.0. The molecule has 0 aromatic carbocycles. The normalized spacial score (nSPS) is 9.67. The molecule has 20 nitrogen and oxygen atoms in total. The van der Waals surface area contributed by atoms with Crippen LogP contribution in [0.3, 0.4) is 0 Å². The lowest BCUT2D eigenvalue weighted by Crippen LogP contribution is -2.26. The standard InChI is InChI=1S/C6H9NO2S.C5H9N3.C5H5NO2.C5H10S.C3H7NO.C3H7N.C2H3NS.C2H4O2.C2H4O.C2H6.4CH5N.CH4S.8CH4/c1-7-5(8)3-4(10-2)6(7)9;1-3-5-4-8(2)7-6-5;1-6-4(7)2-3-5(6)8;1-3-5(6)4-2;1-3(5)4-2;1-3-4-2;1-3-2-4;1-4-2-3;1-2-3;6*1-2;;;;;;;;/h4H,3H2,1-2H3;4H,3H2,1-2H3;2-3H,1H3;3-4H2,1-2H3;1-2H3,(H,4,5);3H,1-2H3;1H3;2H,1H3;2H,1H3;1-2H3;4*2H2,1H3;2H,1H3;8*1H4. The number of carbonyl (C=O) groups is 7. The molecule has 9 N–H and O–H groups in total. The number of hydrogen-bond donors (Lipinski definition) is 6. The Kier molecular flexibility index (Phi) is 243. The quantitative estimate of drug-likeness (QED) is 0.0530. The van der Waals surface area contributed by atoms with Crippen LogP contribution >= 0.6 is 48.8 Å². The molecule has 1 aromatic rings. The summed E-state index contributed by atoms with van der Waals surface area (Å²) in [6, 6.07) is 0. The lowest BCUT2D eigenvalue weighted by atomic mass is 10.3. The van der Waals surface area contributed by atoms with Crippen LogP contribution in [-0.4, -0.2) is 172 Å². The van der Waals surface area contributed by atoms with E-state index in [2.05, 4.69) is 104 Å². The average molecular weight is 1120 g/mol. The summed E-state index contributed by atoms with van der Waals surface area (Å²) >= 11 is 14.0. The Morgan fingerprint density at radius 1 is 0.847 bits per heavy atom. The Labute approximate surface area is 466 Å². The molecule has 1 atom stereocenters. The number of methoxy groups -OCH3 is 1. The van der Waals surface area contributed by atoms with Gasteiger partial charge in [-0.15, -0.1) is 5.10 Å². The van der Waals surface area contributed by atoms with Gasteiger partial charge in [0.1, 0.15) is 6.29 Å². The van der Waals surface area contributed by atoms with Crippen LogP contribution in [0.4, 0.5) is 0 Å². The van der Waals surface area contributed by atoms with Crippen LogP contribution in [0.5, 0.6) is 0 Å². The Bertz CT molecular complexity index is 1260. The molecule has 1 fully saturated rings. The second-order valence-corrected chi connectivity index (χ2v) is 10.8. The first-order valence-corrected chi connectivity index (χ1v) is 22.3. The van der Waals surface area contributed by atoms with Crippen molar-refractivity contribution in [3.8, 4) is 0 Å². The van der Waals surface area contributed by atoms with Gasteiger partial charge >= 0.3 is 0 Å². The van der Waals surface area contributed by atoms with Crippen molar-refractivity contribution >= 4 is 107 Å². The van der Waals surface area contributed by atoms with Gasteiger partial charge in [-0.05, 0) is 97.1 Å². The van der Waals surface area contributed by atoms with Gasteiger partial charge in [-0.3, -0.25) is 43.2 Å². The lowest BCUT2D eigenvalue weighted by Gasteiger charge is -2.04. The predicted molar refractivity (Wildman–Crippen MR) is 336 cm³/mol. The van der Waals surface area contributed by atoms with E-state index in [-0.39, 0.29) is 94.2 Å². The highest BCUT2D eigenvalue weighted by molar-refractivity contribution is 8.00. The number of aromatic nitrogens is 3. The number of likely N-dealkylation sites (tertiary alicyclic amines) is 1. The highest BCUT2D eigenvalue weighted by atomic mass is 32.2. The molecule has 2 aliphatic heterocycles. The minimum atomic E-state index is -0.241. The highest BCUT2D eigenvalue weighted by Crippen LogP contribution is 2.21. The van der Waals surface area contributed by atoms with Crippen molar-refractivity contribution in [3.05, 3.63) is 24.0 Å². The third-order valence-electron chi connectivity index (χ3n) is 5.25. The van der Waals surface area contributed by atoms with Crippen LogP contribution in [0.1, 0.15) is 140 Å². The minimum absolute atomic E-state index is 0. The minimum Gasteiger partial charge on any atom is -0.471 e. The average Bonchev–Trinajstić information content (AvgIpc) is 4.01. The molecule has 72 heavy (non-hydrogen) atoms. The Morgan fingerprint density at radius 3 is 1.21 bits per heavy atom. The number of isothiocyanates is 1. The van der Waals surface area contributed by atoms with E-state index in [9.17, 15) is 24.0 Å². The van der Waals surface area contributed by atoms with Gasteiger partial charge in [-0.25, -0.2) is 4.99 Å². The number of nitrogens with two attached hydrogens (primary N) is 4. The fraction of sp³-hybridized carbons (Fsp3) is 0.708. The number of amides is 5. The summed E-state index contributed by atoms with van der Waals surface area (Å²) in [4.78, 5) is 80.5. The van der Waals surface area contributed by atoms with Gasteiger partial charge in [0.15, 0.2) is 0 Å². The number of aliphatic imine (C=N–C) groups is 2. The zero-order chi connectivity index (χ0) is 54.1. The Hall–Kier alpha value is -4.13. The molecular weight excluding hydrogens is 1000 g/mol. The number of nitrogens with zero attached hydrogens (tertiary/aromatic N) is 7. The number of carbonyl (C=O) groups excluding carboxylic acids is 7. The largest absolute Gasteiger partial charge is 0.471 e. The number of thioether (sulfide) groups is 1. The van der Waals surface area contributed by atoms with Gasteiger partial charge < -0.3 is 42.8 Å². The van der Waals surface area contributed by atoms with E-state index < -0.39 is 0 Å². The molecule has 0 bridgehead atoms. The summed E-state index contributed by atoms with van der Waals surface area (Å²) in [5.74, 6) is -0.600. The number of thiocarbonyl (C=S) groups is 2. The number of nitrogens with one attached hydrogen (secondary N) is 1. The van der Waals surface area contributed by atoms with Crippen molar-refractivity contribution in [2.45, 2.75) is 146 Å². The summed E-state index contributed by atoms with van der Waals surface area (Å²) in [5, 5.41) is 12.0. The second kappa shape index (κ2) is 132. The summed E-state index contributed by atoms with van der Waals surface area (Å²) in [6.45, 7) is 15.4. The third-order valence-corrected chi connectivity index (χ3v) is 6.95. The summed E-state index contributed by atoms with van der Waals surface area (Å²) < 4.78 is 5.57. The molecule has 0 aliphatic carbocycles. The molecule has 3 heterocycles. The molecular formula is C48H120N12O8S4. The van der Waals surface area contributed by atoms with E-state index in [1.807, 2.05) is 40.3 Å². The van der Waals surface area contributed by atoms with Gasteiger partial charge in [-0.2, -0.15) is 24.4 Å². The number of hydrogen-bond acceptors (Lipinski definition) is 20. The summed E-state index contributed by atoms with van der Waals surface area (Å²) in [6.07, 6.45) is 13.9. The van der Waals surface area contributed by atoms with Gasteiger partial charge in [0, 0.05) is 74.0 Å². The zero-order valence-corrected chi connectivity index (χ0v) is 46.1. The fourth-order valence-electron chi connectivity index (χ4n) is 2.19. The van der Waals surface area contributed by atoms with E-state index in [0.717, 1.165) is 36.1 Å². The van der Waals surface area contributed by atoms with E-state index in [4.69, 9.17) is 21.8 Å². The van der Waals surface area contributed by atoms with Crippen molar-refractivity contribution in [1.82, 2.24) is 30.1 Å². The number of imide groups is 2. The maximum Gasteiger partial charge on any atom is 0.292 e. The molecule has 2 aliphatic rings. The fourth-order valence-corrected chi connectivity index (χ4v) is 2.86. The van der Waals surface area contributed by atoms with E-state index >= 15 is 0 Å². The number of rotatable bonds is 5. The monoisotopic (exact) mass is 1120 g/mol. The van der Waals surface area contributed by atoms with Crippen LogP contribution in [0.15, 0.2) is 28.3 Å². The van der Waals surface area contributed by atoms with Crippen molar-refractivity contribution in [3.63, 3.8) is 0 Å². The summed E-state index contributed by atoms with van der Waals surface area (Å²) in [5.41, 5.74) is 19.0. The first-order chi connectivity index (χ1) is 30.4. The van der Waals surface area contributed by atoms with Crippen molar-refractivity contribution < 1.29 is 38.3 Å². The topological polar surface area (TPSA) is 307 Å². The van der Waals surface area contributed by atoms with Crippen LogP contribution in [-0.2, 0) is 51.8 Å². The van der Waals surface area contributed by atoms with Gasteiger partial charge in [0.2, 0.25) is 17.7 Å². The van der Waals surface area contributed by atoms with Gasteiger partial charge in [-0.1, -0.05) is 111 Å². The molecule has 1 unspecified atom stereocenters. The van der Waals surface area contributed by atoms with E-state index in [1.54, 1.807) is 38.3 Å². The number of thiol groups is 1. The number of aldehydes is 1. The molecule has 0 radical (unpaired) electrons. The van der Waals surface area contributed by atoms with E-state index in [1.165, 1.54) is 96.9 Å². The van der Waals surface area contributed by atoms with Crippen LogP contribution < -0.4 is 28.3 Å². The number of likely N-dealkylation sites (N-methyl/N-ethyl adjacent to an activating group) is 1. The molecule has 24 heteroatoms. The van der Waals surface area contributed by atoms with E-state index in [0.29, 0.717) is 12.9 Å². The van der Waals surface area contributed by atoms with Crippen molar-refractivity contribution in [2.24, 2.45) is 40.0 Å². The number of aryl methyl sites for hydroxylation is 2. The molecule has 5 amide bonds. The van der Waals surface area contributed by atoms with Crippen molar-refractivity contribution in [2.75, 3.05) is 83.1 Å². The lowest BCUT2D eigenvalue weighted by molar-refractivity contribution is -0.137. The molecule has 3 rings (SSSR count). The van der Waals surface area contributed by atoms with Gasteiger partial charge in [0.05, 0.1) is 23.2 Å². The Morgan fingerprint density at radius 2 is 1.14 bits per heavy atom. The zero-order valence-electron chi connectivity index (χ0n) is 42.7. The predicted octanol–water partition coefficient (Wildman–Crippen LogP) is 8.33. The first-order valence-electron chi connectivity index (χ1n) is 19.3.